The summed E-state index contributed by atoms with van der Waals surface area (Å²) in [6.45, 7) is 3.08. The van der Waals surface area contributed by atoms with Crippen molar-refractivity contribution in [2.45, 2.75) is 56.7 Å². The number of amides is 2. The van der Waals surface area contributed by atoms with E-state index in [4.69, 9.17) is 21.3 Å². The molecule has 0 saturated carbocycles. The number of aromatic hydroxyl groups is 1. The van der Waals surface area contributed by atoms with Crippen molar-refractivity contribution >= 4 is 40.5 Å². The van der Waals surface area contributed by atoms with E-state index in [0.717, 1.165) is 23.8 Å². The van der Waals surface area contributed by atoms with Crippen molar-refractivity contribution in [1.82, 2.24) is 29.0 Å². The number of nitrogens with zero attached hydrogens (tertiary/aromatic N) is 6. The number of ether oxygens (including phenoxy) is 1. The lowest BCUT2D eigenvalue weighted by Crippen LogP contribution is -2.46. The van der Waals surface area contributed by atoms with Crippen LogP contribution in [0.4, 0.5) is 18.9 Å². The molecule has 0 radical (unpaired) electrons. The summed E-state index contributed by atoms with van der Waals surface area (Å²) in [5.74, 6) is -0.914. The number of piperidine rings is 1. The number of halogens is 4. The highest BCUT2D eigenvalue weighted by atomic mass is 35.5. The molecule has 1 atom stereocenters. The number of anilines is 1. The molecule has 1 spiro atoms. The third kappa shape index (κ3) is 5.84. The van der Waals surface area contributed by atoms with Crippen molar-refractivity contribution in [2.24, 2.45) is 0 Å². The Kier molecular flexibility index (Phi) is 8.22. The Balaban J connectivity index is 1.26. The van der Waals surface area contributed by atoms with E-state index in [1.807, 2.05) is 13.0 Å². The number of benzene rings is 1. The second-order valence-corrected chi connectivity index (χ2v) is 13.0. The van der Waals surface area contributed by atoms with Crippen LogP contribution in [0.3, 0.4) is 0 Å². The average Bonchev–Trinajstić information content (AvgIpc) is 3.64. The van der Waals surface area contributed by atoms with Gasteiger partial charge < -0.3 is 24.6 Å². The monoisotopic (exact) mass is 697 g/mol. The molecule has 12 nitrogen and oxygen atoms in total. The van der Waals surface area contributed by atoms with Gasteiger partial charge in [0, 0.05) is 36.0 Å². The zero-order valence-electron chi connectivity index (χ0n) is 26.3. The van der Waals surface area contributed by atoms with Crippen molar-refractivity contribution in [2.75, 3.05) is 31.6 Å². The van der Waals surface area contributed by atoms with Crippen molar-refractivity contribution < 1.29 is 32.6 Å². The van der Waals surface area contributed by atoms with Crippen LogP contribution in [0.2, 0.25) is 5.02 Å². The van der Waals surface area contributed by atoms with Gasteiger partial charge in [-0.15, -0.1) is 5.10 Å². The molecule has 2 aliphatic heterocycles. The Labute approximate surface area is 282 Å². The summed E-state index contributed by atoms with van der Waals surface area (Å²) in [7, 11) is 0. The predicted octanol–water partition coefficient (Wildman–Crippen LogP) is 4.79. The van der Waals surface area contributed by atoms with Gasteiger partial charge in [0.15, 0.2) is 11.5 Å². The highest BCUT2D eigenvalue weighted by molar-refractivity contribution is 6.33. The third-order valence-electron chi connectivity index (χ3n) is 9.60. The topological polar surface area (TPSA) is 144 Å². The van der Waals surface area contributed by atoms with Gasteiger partial charge in [-0.3, -0.25) is 14.4 Å². The van der Waals surface area contributed by atoms with E-state index in [0.29, 0.717) is 69.1 Å². The summed E-state index contributed by atoms with van der Waals surface area (Å²) < 4.78 is 47.9. The molecule has 256 valence electrons. The van der Waals surface area contributed by atoms with Crippen LogP contribution < -0.4 is 10.9 Å². The molecule has 5 heterocycles. The lowest BCUT2D eigenvalue weighted by molar-refractivity contribution is -0.137. The van der Waals surface area contributed by atoms with Gasteiger partial charge in [0.1, 0.15) is 12.3 Å². The van der Waals surface area contributed by atoms with Crippen LogP contribution in [0.1, 0.15) is 71.7 Å². The molecule has 3 aromatic heterocycles. The van der Waals surface area contributed by atoms with Crippen molar-refractivity contribution in [3.05, 3.63) is 86.3 Å². The zero-order chi connectivity index (χ0) is 34.7. The van der Waals surface area contributed by atoms with E-state index in [-0.39, 0.29) is 46.0 Å². The Morgan fingerprint density at radius 1 is 1.20 bits per heavy atom. The zero-order valence-corrected chi connectivity index (χ0v) is 27.0. The maximum atomic E-state index is 14.4. The number of nitrogens with one attached hydrogen (secondary N) is 1. The Morgan fingerprint density at radius 3 is 2.65 bits per heavy atom. The fourth-order valence-electron chi connectivity index (χ4n) is 7.32. The van der Waals surface area contributed by atoms with E-state index in [1.165, 1.54) is 22.8 Å². The molecule has 2 amide bonds. The molecular formula is C33H31ClF3N7O5. The molecule has 4 aromatic rings. The normalized spacial score (nSPS) is 18.8. The fourth-order valence-corrected chi connectivity index (χ4v) is 7.55. The number of aromatic nitrogens is 5. The largest absolute Gasteiger partial charge is 0.505 e. The van der Waals surface area contributed by atoms with Gasteiger partial charge in [0.25, 0.3) is 11.5 Å². The van der Waals surface area contributed by atoms with Crippen LogP contribution in [0, 0.1) is 0 Å². The SMILES string of the molecule is C[C@H]1CC2(CCN(C(=O)c3ncccc3O)CC2)c2c1n(CC(=O)Nc1ccc(C(F)(F)F)cc1Cl)c1nc(C3=CCOCC3)nn1c2=O. The first kappa shape index (κ1) is 32.8. The van der Waals surface area contributed by atoms with Crippen LogP contribution in [0.15, 0.2) is 47.4 Å². The number of hydrogen-bond acceptors (Lipinski definition) is 8. The number of alkyl halides is 3. The molecule has 49 heavy (non-hydrogen) atoms. The third-order valence-corrected chi connectivity index (χ3v) is 9.91. The number of carbonyl (C=O) groups excluding carboxylic acids is 2. The van der Waals surface area contributed by atoms with Crippen LogP contribution >= 0.6 is 11.6 Å². The van der Waals surface area contributed by atoms with Gasteiger partial charge in [-0.1, -0.05) is 24.6 Å². The predicted molar refractivity (Wildman–Crippen MR) is 171 cm³/mol. The molecule has 16 heteroatoms. The van der Waals surface area contributed by atoms with Gasteiger partial charge in [-0.05, 0) is 67.5 Å². The van der Waals surface area contributed by atoms with Gasteiger partial charge in [-0.2, -0.15) is 22.7 Å². The smallest absolute Gasteiger partial charge is 0.416 e. The molecule has 7 rings (SSSR count). The van der Waals surface area contributed by atoms with E-state index in [2.05, 4.69) is 15.4 Å². The molecule has 2 N–H and O–H groups in total. The molecule has 0 bridgehead atoms. The van der Waals surface area contributed by atoms with E-state index < -0.39 is 29.0 Å². The molecule has 1 aromatic carbocycles. The average molecular weight is 698 g/mol. The standard InChI is InChI=1S/C33H31ClF3N7O5/c1-18-16-32(8-11-42(12-9-32)30(48)26-23(45)3-2-10-38-26)25-27(18)43(17-24(46)39-22-5-4-20(15-21(22)34)33(35,36)37)31-40-28(41-44(31)29(25)47)19-6-13-49-14-7-19/h2-6,10,15,18,45H,7-9,11-14,16-17H2,1H3,(H,39,46)/t18-/m0/s1. The number of fused-ring (bicyclic) bond motifs is 3. The Hall–Kier alpha value is -4.76. The van der Waals surface area contributed by atoms with Gasteiger partial charge in [-0.25, -0.2) is 4.98 Å². The van der Waals surface area contributed by atoms with Gasteiger partial charge in [0.2, 0.25) is 11.7 Å². The van der Waals surface area contributed by atoms with E-state index in [9.17, 15) is 32.7 Å². The number of likely N-dealkylation sites (tertiary alicyclic amines) is 1. The van der Waals surface area contributed by atoms with Crippen molar-refractivity contribution in [3.63, 3.8) is 0 Å². The minimum atomic E-state index is -4.60. The summed E-state index contributed by atoms with van der Waals surface area (Å²) in [4.78, 5) is 51.5. The number of hydrogen-bond donors (Lipinski definition) is 2. The summed E-state index contributed by atoms with van der Waals surface area (Å²) in [5, 5.41) is 17.1. The first-order chi connectivity index (χ1) is 23.4. The maximum Gasteiger partial charge on any atom is 0.416 e. The summed E-state index contributed by atoms with van der Waals surface area (Å²) in [6.07, 6.45) is 0.678. The Morgan fingerprint density at radius 2 is 1.98 bits per heavy atom. The van der Waals surface area contributed by atoms with Crippen LogP contribution in [-0.2, 0) is 27.7 Å². The highest BCUT2D eigenvalue weighted by Crippen LogP contribution is 2.50. The van der Waals surface area contributed by atoms with Gasteiger partial charge >= 0.3 is 6.18 Å². The Bertz CT molecular complexity index is 2090. The van der Waals surface area contributed by atoms with Crippen LogP contribution in [-0.4, -0.2) is 72.3 Å². The second-order valence-electron chi connectivity index (χ2n) is 12.6. The molecule has 1 saturated heterocycles. The first-order valence-electron chi connectivity index (χ1n) is 15.8. The van der Waals surface area contributed by atoms with E-state index in [1.54, 1.807) is 9.47 Å². The lowest BCUT2D eigenvalue weighted by atomic mass is 9.73. The molecule has 1 aliphatic carbocycles. The van der Waals surface area contributed by atoms with Gasteiger partial charge in [0.05, 0.1) is 29.5 Å². The summed E-state index contributed by atoms with van der Waals surface area (Å²) in [6, 6.07) is 5.61. The van der Waals surface area contributed by atoms with Crippen LogP contribution in [0.5, 0.6) is 5.75 Å². The lowest BCUT2D eigenvalue weighted by Gasteiger charge is -2.39. The van der Waals surface area contributed by atoms with Crippen molar-refractivity contribution in [3.8, 4) is 5.75 Å². The van der Waals surface area contributed by atoms with E-state index >= 15 is 0 Å². The number of rotatable bonds is 5. The molecule has 0 unspecified atom stereocenters. The fraction of sp³-hybridized carbons (Fsp3) is 0.394. The first-order valence-corrected chi connectivity index (χ1v) is 16.1. The molecule has 3 aliphatic rings. The maximum absolute atomic E-state index is 14.4. The minimum Gasteiger partial charge on any atom is -0.505 e. The quantitative estimate of drug-likeness (QED) is 0.303. The number of pyridine rings is 1. The molecular weight excluding hydrogens is 667 g/mol. The van der Waals surface area contributed by atoms with Crippen LogP contribution in [0.25, 0.3) is 11.4 Å². The highest BCUT2D eigenvalue weighted by Gasteiger charge is 2.49. The summed E-state index contributed by atoms with van der Waals surface area (Å²) >= 11 is 6.13. The molecule has 1 fully saturated rings. The summed E-state index contributed by atoms with van der Waals surface area (Å²) in [5.41, 5.74) is -0.0616. The van der Waals surface area contributed by atoms with Crippen molar-refractivity contribution in [1.29, 1.82) is 0 Å². The minimum absolute atomic E-state index is 0.00314. The second kappa shape index (κ2) is 12.3. The number of carbonyl (C=O) groups is 2.